The first-order chi connectivity index (χ1) is 26.8. The molecular formula is C45H88NO8P. The van der Waals surface area contributed by atoms with E-state index in [-0.39, 0.29) is 38.6 Å². The number of unbranched alkanes of at least 4 members (excludes halogenated alkanes) is 29. The smallest absolute Gasteiger partial charge is 0.462 e. The van der Waals surface area contributed by atoms with Gasteiger partial charge in [-0.25, -0.2) is 4.57 Å². The van der Waals surface area contributed by atoms with Gasteiger partial charge in [0.15, 0.2) is 6.10 Å². The molecule has 0 saturated heterocycles. The van der Waals surface area contributed by atoms with E-state index in [1.54, 1.807) is 0 Å². The molecule has 3 N–H and O–H groups in total. The van der Waals surface area contributed by atoms with Crippen molar-refractivity contribution in [1.82, 2.24) is 0 Å². The summed E-state index contributed by atoms with van der Waals surface area (Å²) in [5.74, 6) is -0.817. The van der Waals surface area contributed by atoms with Gasteiger partial charge in [-0.2, -0.15) is 0 Å². The summed E-state index contributed by atoms with van der Waals surface area (Å²) in [6, 6.07) is 0. The largest absolute Gasteiger partial charge is 0.472 e. The van der Waals surface area contributed by atoms with Crippen LogP contribution in [0.3, 0.4) is 0 Å². The number of rotatable bonds is 44. The van der Waals surface area contributed by atoms with E-state index in [1.807, 2.05) is 0 Å². The molecule has 0 aliphatic rings. The van der Waals surface area contributed by atoms with Gasteiger partial charge in [-0.05, 0) is 38.5 Å². The van der Waals surface area contributed by atoms with Crippen LogP contribution < -0.4 is 5.73 Å². The number of esters is 2. The van der Waals surface area contributed by atoms with Crippen LogP contribution >= 0.6 is 7.82 Å². The summed E-state index contributed by atoms with van der Waals surface area (Å²) in [7, 11) is -4.37. The molecule has 0 aromatic rings. The zero-order valence-corrected chi connectivity index (χ0v) is 36.8. The molecule has 0 spiro atoms. The number of phosphoric acid groups is 1. The Kier molecular flexibility index (Phi) is 41.4. The molecule has 326 valence electrons. The molecule has 0 rings (SSSR count). The molecule has 0 heterocycles. The molecule has 0 bridgehead atoms. The molecule has 0 aromatic heterocycles. The Hall–Kier alpha value is -1.25. The predicted octanol–water partition coefficient (Wildman–Crippen LogP) is 13.4. The number of nitrogens with two attached hydrogens (primary N) is 1. The minimum Gasteiger partial charge on any atom is -0.462 e. The van der Waals surface area contributed by atoms with Crippen molar-refractivity contribution in [3.8, 4) is 0 Å². The summed E-state index contributed by atoms with van der Waals surface area (Å²) in [6.07, 6.45) is 43.9. The Morgan fingerprint density at radius 2 is 0.891 bits per heavy atom. The lowest BCUT2D eigenvalue weighted by Gasteiger charge is -2.19. The Balaban J connectivity index is 4.03. The number of carbonyl (C=O) groups is 2. The standard InChI is InChI=1S/C45H88NO8P/c1-3-5-7-9-11-13-15-17-18-19-20-21-22-23-24-26-27-29-31-33-35-37-44(47)51-41-43(42-53-55(49,50)52-40-39-46)54-45(48)38-36-34-32-30-28-25-16-14-12-10-8-6-4-2/h17-18,43H,3-16,19-42,46H2,1-2H3,(H,49,50)/b18-17-/t43-/m1/s1. The van der Waals surface area contributed by atoms with Gasteiger partial charge in [0.1, 0.15) is 6.61 Å². The third-order valence-corrected chi connectivity index (χ3v) is 11.1. The van der Waals surface area contributed by atoms with Crippen LogP contribution in [0.4, 0.5) is 0 Å². The first-order valence-corrected chi connectivity index (χ1v) is 24.7. The molecule has 55 heavy (non-hydrogen) atoms. The molecule has 1 unspecified atom stereocenters. The number of hydrogen-bond donors (Lipinski definition) is 2. The number of hydrogen-bond acceptors (Lipinski definition) is 8. The molecule has 0 fully saturated rings. The summed E-state index contributed by atoms with van der Waals surface area (Å²) < 4.78 is 32.8. The highest BCUT2D eigenvalue weighted by atomic mass is 31.2. The van der Waals surface area contributed by atoms with E-state index in [4.69, 9.17) is 24.3 Å². The Morgan fingerprint density at radius 3 is 1.29 bits per heavy atom. The topological polar surface area (TPSA) is 134 Å². The first-order valence-electron chi connectivity index (χ1n) is 23.2. The van der Waals surface area contributed by atoms with Crippen LogP contribution in [0.25, 0.3) is 0 Å². The molecule has 0 aromatic carbocycles. The monoisotopic (exact) mass is 802 g/mol. The fourth-order valence-corrected chi connectivity index (χ4v) is 7.45. The number of allylic oxidation sites excluding steroid dienone is 2. The van der Waals surface area contributed by atoms with E-state index in [2.05, 4.69) is 26.0 Å². The average Bonchev–Trinajstić information content (AvgIpc) is 3.17. The van der Waals surface area contributed by atoms with E-state index in [9.17, 15) is 19.0 Å². The molecule has 0 saturated carbocycles. The van der Waals surface area contributed by atoms with Crippen molar-refractivity contribution >= 4 is 19.8 Å². The van der Waals surface area contributed by atoms with Crippen LogP contribution in [0, 0.1) is 0 Å². The predicted molar refractivity (Wildman–Crippen MR) is 229 cm³/mol. The molecule has 0 aliphatic carbocycles. The highest BCUT2D eigenvalue weighted by molar-refractivity contribution is 7.47. The minimum atomic E-state index is -4.37. The van der Waals surface area contributed by atoms with Gasteiger partial charge in [0.25, 0.3) is 0 Å². The van der Waals surface area contributed by atoms with Gasteiger partial charge in [-0.1, -0.05) is 193 Å². The Labute approximate surface area is 339 Å². The van der Waals surface area contributed by atoms with E-state index in [1.165, 1.54) is 167 Å². The number of carbonyl (C=O) groups excluding carboxylic acids is 2. The highest BCUT2D eigenvalue weighted by Crippen LogP contribution is 2.43. The third kappa shape index (κ3) is 42.2. The SMILES string of the molecule is CCCCCCCC/C=C\CCCCCCCCCCCCCC(=O)OC[C@H](COP(=O)(O)OCCN)OC(=O)CCCCCCCCCCCCCCC. The fraction of sp³-hybridized carbons (Fsp3) is 0.911. The zero-order valence-electron chi connectivity index (χ0n) is 35.9. The van der Waals surface area contributed by atoms with Crippen molar-refractivity contribution in [2.24, 2.45) is 5.73 Å². The zero-order chi connectivity index (χ0) is 40.3. The maximum atomic E-state index is 12.6. The minimum absolute atomic E-state index is 0.0565. The normalized spacial score (nSPS) is 13.3. The van der Waals surface area contributed by atoms with Gasteiger partial charge >= 0.3 is 19.8 Å². The second-order valence-corrected chi connectivity index (χ2v) is 17.1. The Morgan fingerprint density at radius 1 is 0.527 bits per heavy atom. The van der Waals surface area contributed by atoms with Crippen LogP contribution in [-0.2, 0) is 32.7 Å². The molecule has 0 amide bonds. The van der Waals surface area contributed by atoms with Gasteiger partial charge in [0.05, 0.1) is 13.2 Å². The number of phosphoric ester groups is 1. The van der Waals surface area contributed by atoms with Crippen molar-refractivity contribution in [3.05, 3.63) is 12.2 Å². The average molecular weight is 802 g/mol. The van der Waals surface area contributed by atoms with Gasteiger partial charge in [-0.15, -0.1) is 0 Å². The summed E-state index contributed by atoms with van der Waals surface area (Å²) in [6.45, 7) is 3.76. The van der Waals surface area contributed by atoms with E-state index in [0.29, 0.717) is 6.42 Å². The maximum absolute atomic E-state index is 12.6. The molecule has 0 radical (unpaired) electrons. The van der Waals surface area contributed by atoms with Crippen LogP contribution in [-0.4, -0.2) is 49.3 Å². The van der Waals surface area contributed by atoms with Gasteiger partial charge in [-0.3, -0.25) is 18.6 Å². The van der Waals surface area contributed by atoms with Crippen LogP contribution in [0.1, 0.15) is 232 Å². The van der Waals surface area contributed by atoms with Gasteiger partial charge in [0.2, 0.25) is 0 Å². The van der Waals surface area contributed by atoms with Gasteiger partial charge < -0.3 is 20.1 Å². The molecular weight excluding hydrogens is 713 g/mol. The molecule has 0 aliphatic heterocycles. The van der Waals surface area contributed by atoms with E-state index in [0.717, 1.165) is 32.1 Å². The van der Waals surface area contributed by atoms with Gasteiger partial charge in [0, 0.05) is 19.4 Å². The molecule has 10 heteroatoms. The first kappa shape index (κ1) is 53.8. The lowest BCUT2D eigenvalue weighted by molar-refractivity contribution is -0.161. The van der Waals surface area contributed by atoms with E-state index < -0.39 is 26.5 Å². The lowest BCUT2D eigenvalue weighted by atomic mass is 10.0. The van der Waals surface area contributed by atoms with Crippen molar-refractivity contribution in [3.63, 3.8) is 0 Å². The van der Waals surface area contributed by atoms with Crippen molar-refractivity contribution in [2.45, 2.75) is 238 Å². The fourth-order valence-electron chi connectivity index (χ4n) is 6.69. The Bertz CT molecular complexity index is 917. The molecule has 9 nitrogen and oxygen atoms in total. The maximum Gasteiger partial charge on any atom is 0.472 e. The van der Waals surface area contributed by atoms with Crippen LogP contribution in [0.15, 0.2) is 12.2 Å². The quantitative estimate of drug-likeness (QED) is 0.0267. The van der Waals surface area contributed by atoms with Crippen molar-refractivity contribution < 1.29 is 37.6 Å². The summed E-state index contributed by atoms with van der Waals surface area (Å²) in [5, 5.41) is 0. The highest BCUT2D eigenvalue weighted by Gasteiger charge is 2.26. The second kappa shape index (κ2) is 42.4. The van der Waals surface area contributed by atoms with Crippen LogP contribution in [0.5, 0.6) is 0 Å². The summed E-state index contributed by atoms with van der Waals surface area (Å²) in [4.78, 5) is 34.9. The van der Waals surface area contributed by atoms with Crippen molar-refractivity contribution in [2.75, 3.05) is 26.4 Å². The second-order valence-electron chi connectivity index (χ2n) is 15.6. The van der Waals surface area contributed by atoms with E-state index >= 15 is 0 Å². The lowest BCUT2D eigenvalue weighted by Crippen LogP contribution is -2.29. The summed E-state index contributed by atoms with van der Waals surface area (Å²) in [5.41, 5.74) is 5.35. The van der Waals surface area contributed by atoms with Crippen LogP contribution in [0.2, 0.25) is 0 Å². The molecule has 2 atom stereocenters. The van der Waals surface area contributed by atoms with Crippen molar-refractivity contribution in [1.29, 1.82) is 0 Å². The summed E-state index contributed by atoms with van der Waals surface area (Å²) >= 11 is 0. The number of ether oxygens (including phenoxy) is 2. The third-order valence-electron chi connectivity index (χ3n) is 10.2.